The highest BCUT2D eigenvalue weighted by Gasteiger charge is 2.44. The van der Waals surface area contributed by atoms with Crippen LogP contribution in [0.5, 0.6) is 5.75 Å². The number of ether oxygens (including phenoxy) is 2. The number of esters is 1. The number of fused-ring (bicyclic) bond motifs is 2. The monoisotopic (exact) mass is 687 g/mol. The lowest BCUT2D eigenvalue weighted by molar-refractivity contribution is -0.156. The molecule has 6 rings (SSSR count). The second-order valence-electron chi connectivity index (χ2n) is 12.7. The molecule has 0 fully saturated rings. The van der Waals surface area contributed by atoms with Gasteiger partial charge in [0.25, 0.3) is 0 Å². The van der Waals surface area contributed by atoms with Gasteiger partial charge in [0.15, 0.2) is 0 Å². The number of para-hydroxylation sites is 1. The number of aryl methyl sites for hydroxylation is 3. The molecule has 0 saturated heterocycles. The average Bonchev–Trinajstić information content (AvgIpc) is 3.64. The van der Waals surface area contributed by atoms with Crippen LogP contribution < -0.4 is 4.74 Å². The Morgan fingerprint density at radius 3 is 2.52 bits per heavy atom. The molecule has 252 valence electrons. The van der Waals surface area contributed by atoms with Crippen molar-refractivity contribution in [2.24, 2.45) is 5.41 Å². The maximum absolute atomic E-state index is 14.0. The number of carbonyl (C=O) groups is 1. The van der Waals surface area contributed by atoms with E-state index < -0.39 is 21.4 Å². The van der Waals surface area contributed by atoms with Crippen molar-refractivity contribution < 1.29 is 22.7 Å². The van der Waals surface area contributed by atoms with Gasteiger partial charge in [-0.2, -0.15) is 4.31 Å². The molecule has 0 aliphatic carbocycles. The molecule has 0 bridgehead atoms. The lowest BCUT2D eigenvalue weighted by Gasteiger charge is -2.32. The lowest BCUT2D eigenvalue weighted by atomic mass is 9.73. The van der Waals surface area contributed by atoms with Gasteiger partial charge in [0, 0.05) is 11.4 Å². The van der Waals surface area contributed by atoms with E-state index in [1.54, 1.807) is 24.3 Å². The molecule has 5 aromatic rings. The smallest absolute Gasteiger partial charge is 0.312 e. The Morgan fingerprint density at radius 2 is 1.79 bits per heavy atom. The summed E-state index contributed by atoms with van der Waals surface area (Å²) in [6, 6.07) is 20.4. The van der Waals surface area contributed by atoms with Gasteiger partial charge in [-0.3, -0.25) is 4.79 Å². The summed E-state index contributed by atoms with van der Waals surface area (Å²) < 4.78 is 43.2. The highest BCUT2D eigenvalue weighted by molar-refractivity contribution is 7.89. The van der Waals surface area contributed by atoms with Gasteiger partial charge < -0.3 is 9.47 Å². The third-order valence-electron chi connectivity index (χ3n) is 9.16. The SMILES string of the molecule is CC[C@@H]1CN(Cc2nc([C@H](c3ccc4c(nnn4CC)c3C)C(C)(C)C(=O)OCc3ccccc3)sc2C)S(=O)(=O)c2ccccc2O1. The second-order valence-corrected chi connectivity index (χ2v) is 15.9. The van der Waals surface area contributed by atoms with Crippen LogP contribution in [-0.4, -0.2) is 51.3 Å². The highest BCUT2D eigenvalue weighted by atomic mass is 32.2. The molecule has 0 spiro atoms. The Hall–Kier alpha value is -4.13. The van der Waals surface area contributed by atoms with Crippen LogP contribution in [0.2, 0.25) is 0 Å². The number of hydrogen-bond acceptors (Lipinski definition) is 9. The molecule has 2 atom stereocenters. The third-order valence-corrected chi connectivity index (χ3v) is 12.1. The molecular formula is C36H41N5O5S2. The van der Waals surface area contributed by atoms with Gasteiger partial charge in [0.1, 0.15) is 33.9 Å². The summed E-state index contributed by atoms with van der Waals surface area (Å²) in [5, 5.41) is 9.51. The van der Waals surface area contributed by atoms with E-state index >= 15 is 0 Å². The van der Waals surface area contributed by atoms with Crippen LogP contribution in [0.25, 0.3) is 11.0 Å². The van der Waals surface area contributed by atoms with E-state index in [0.717, 1.165) is 32.6 Å². The average molecular weight is 688 g/mol. The zero-order valence-electron chi connectivity index (χ0n) is 28.1. The first-order chi connectivity index (χ1) is 22.9. The fourth-order valence-electron chi connectivity index (χ4n) is 6.28. The summed E-state index contributed by atoms with van der Waals surface area (Å²) >= 11 is 1.47. The van der Waals surface area contributed by atoms with Crippen LogP contribution in [0, 0.1) is 19.3 Å². The molecule has 0 amide bonds. The van der Waals surface area contributed by atoms with Crippen LogP contribution in [0.1, 0.15) is 72.3 Å². The van der Waals surface area contributed by atoms with E-state index in [4.69, 9.17) is 14.5 Å². The van der Waals surface area contributed by atoms with Crippen molar-refractivity contribution in [1.29, 1.82) is 0 Å². The number of aromatic nitrogens is 4. The minimum Gasteiger partial charge on any atom is -0.488 e. The minimum atomic E-state index is -3.87. The molecule has 3 heterocycles. The number of hydrogen-bond donors (Lipinski definition) is 0. The van der Waals surface area contributed by atoms with Crippen molar-refractivity contribution in [2.45, 2.75) is 84.6 Å². The maximum atomic E-state index is 14.0. The molecule has 12 heteroatoms. The van der Waals surface area contributed by atoms with Gasteiger partial charge in [-0.25, -0.2) is 18.1 Å². The van der Waals surface area contributed by atoms with E-state index in [9.17, 15) is 13.2 Å². The molecule has 0 saturated carbocycles. The predicted molar refractivity (Wildman–Crippen MR) is 185 cm³/mol. The normalized spacial score (nSPS) is 17.0. The van der Waals surface area contributed by atoms with Gasteiger partial charge in [-0.05, 0) is 75.9 Å². The van der Waals surface area contributed by atoms with Crippen LogP contribution in [0.4, 0.5) is 0 Å². The first kappa shape index (κ1) is 33.8. The fraction of sp³-hybridized carbons (Fsp3) is 0.389. The molecule has 0 radical (unpaired) electrons. The predicted octanol–water partition coefficient (Wildman–Crippen LogP) is 6.79. The summed E-state index contributed by atoms with van der Waals surface area (Å²) in [6.07, 6.45) is 0.340. The molecule has 0 unspecified atom stereocenters. The fourth-order valence-corrected chi connectivity index (χ4v) is 9.07. The lowest BCUT2D eigenvalue weighted by Crippen LogP contribution is -2.36. The zero-order chi connectivity index (χ0) is 34.2. The van der Waals surface area contributed by atoms with Crippen molar-refractivity contribution in [1.82, 2.24) is 24.3 Å². The van der Waals surface area contributed by atoms with Crippen molar-refractivity contribution >= 4 is 38.4 Å². The third kappa shape index (κ3) is 6.24. The molecule has 48 heavy (non-hydrogen) atoms. The van der Waals surface area contributed by atoms with E-state index in [0.29, 0.717) is 29.4 Å². The molecule has 1 aliphatic rings. The molecule has 1 aliphatic heterocycles. The van der Waals surface area contributed by atoms with E-state index in [1.165, 1.54) is 15.6 Å². The highest BCUT2D eigenvalue weighted by Crippen LogP contribution is 2.46. The van der Waals surface area contributed by atoms with E-state index in [1.807, 2.05) is 88.7 Å². The Morgan fingerprint density at radius 1 is 1.06 bits per heavy atom. The first-order valence-corrected chi connectivity index (χ1v) is 18.5. The summed E-state index contributed by atoms with van der Waals surface area (Å²) in [6.45, 7) is 12.8. The standard InChI is InChI=1S/C36H41N5O5S2/c1-7-26-20-40(48(43,44)31-17-13-12-16-30(31)46-26)21-28-24(4)47-34(37-28)32(27-18-19-29-33(23(27)3)38-39-41(29)8-2)36(5,6)35(42)45-22-25-14-10-9-11-15-25/h9-19,26,32H,7-8,20-22H2,1-6H3/t26-,32+/m1/s1. The topological polar surface area (TPSA) is 117 Å². The Kier molecular flexibility index (Phi) is 9.43. The number of carbonyl (C=O) groups excluding carboxylic acids is 1. The number of thiazole rings is 1. The minimum absolute atomic E-state index is 0.0767. The summed E-state index contributed by atoms with van der Waals surface area (Å²) in [5.41, 5.74) is 3.97. The quantitative estimate of drug-likeness (QED) is 0.148. The van der Waals surface area contributed by atoms with E-state index in [-0.39, 0.29) is 36.7 Å². The van der Waals surface area contributed by atoms with Crippen molar-refractivity contribution in [3.8, 4) is 5.75 Å². The second kappa shape index (κ2) is 13.4. The molecular weight excluding hydrogens is 647 g/mol. The van der Waals surface area contributed by atoms with Crippen LogP contribution in [-0.2, 0) is 39.3 Å². The molecule has 3 aromatic carbocycles. The number of rotatable bonds is 10. The summed E-state index contributed by atoms with van der Waals surface area (Å²) in [4.78, 5) is 20.1. The van der Waals surface area contributed by atoms with Gasteiger partial charge in [0.2, 0.25) is 10.0 Å². The molecule has 2 aromatic heterocycles. The van der Waals surface area contributed by atoms with Gasteiger partial charge in [0.05, 0.1) is 35.6 Å². The van der Waals surface area contributed by atoms with Gasteiger partial charge in [-0.15, -0.1) is 16.4 Å². The largest absolute Gasteiger partial charge is 0.488 e. The van der Waals surface area contributed by atoms with Crippen molar-refractivity contribution in [3.05, 3.63) is 99.0 Å². The van der Waals surface area contributed by atoms with Crippen molar-refractivity contribution in [2.75, 3.05) is 6.54 Å². The first-order valence-electron chi connectivity index (χ1n) is 16.2. The van der Waals surface area contributed by atoms with Crippen LogP contribution in [0.3, 0.4) is 0 Å². The maximum Gasteiger partial charge on any atom is 0.312 e. The van der Waals surface area contributed by atoms with Gasteiger partial charge in [-0.1, -0.05) is 60.7 Å². The molecule has 10 nitrogen and oxygen atoms in total. The van der Waals surface area contributed by atoms with E-state index in [2.05, 4.69) is 10.3 Å². The zero-order valence-corrected chi connectivity index (χ0v) is 29.8. The Bertz CT molecular complexity index is 2060. The van der Waals surface area contributed by atoms with Gasteiger partial charge >= 0.3 is 5.97 Å². The summed E-state index contributed by atoms with van der Waals surface area (Å²) in [7, 11) is -3.87. The Labute approximate surface area is 285 Å². The number of benzene rings is 3. The molecule has 0 N–H and O–H groups in total. The number of sulfonamides is 1. The summed E-state index contributed by atoms with van der Waals surface area (Å²) in [5.74, 6) is -0.510. The van der Waals surface area contributed by atoms with Crippen LogP contribution >= 0.6 is 11.3 Å². The Balaban J connectivity index is 1.41. The van der Waals surface area contributed by atoms with Crippen molar-refractivity contribution in [3.63, 3.8) is 0 Å². The number of nitrogens with zero attached hydrogens (tertiary/aromatic N) is 5. The van der Waals surface area contributed by atoms with Crippen LogP contribution in [0.15, 0.2) is 71.6 Å².